The summed E-state index contributed by atoms with van der Waals surface area (Å²) in [5.74, 6) is -1.42. The Morgan fingerprint density at radius 2 is 1.90 bits per heavy atom. The summed E-state index contributed by atoms with van der Waals surface area (Å²) >= 11 is 0. The summed E-state index contributed by atoms with van der Waals surface area (Å²) in [5, 5.41) is 9.29. The quantitative estimate of drug-likeness (QED) is 0.618. The van der Waals surface area contributed by atoms with Gasteiger partial charge in [-0.15, -0.1) is 0 Å². The molecule has 29 heavy (non-hydrogen) atoms. The first-order valence-electron chi connectivity index (χ1n) is 9.20. The van der Waals surface area contributed by atoms with Crippen molar-refractivity contribution in [3.8, 4) is 11.3 Å². The van der Waals surface area contributed by atoms with Gasteiger partial charge in [0, 0.05) is 18.7 Å². The van der Waals surface area contributed by atoms with Crippen LogP contribution in [0.3, 0.4) is 0 Å². The van der Waals surface area contributed by atoms with E-state index in [1.807, 2.05) is 37.3 Å². The average Bonchev–Trinajstić information content (AvgIpc) is 3.15. The van der Waals surface area contributed by atoms with Gasteiger partial charge in [-0.3, -0.25) is 10.1 Å². The maximum Gasteiger partial charge on any atom is 0.339 e. The van der Waals surface area contributed by atoms with E-state index >= 15 is 0 Å². The van der Waals surface area contributed by atoms with E-state index in [0.717, 1.165) is 5.56 Å². The number of nitrogens with zero attached hydrogens (tertiary/aromatic N) is 3. The van der Waals surface area contributed by atoms with Gasteiger partial charge in [-0.1, -0.05) is 30.3 Å². The third-order valence-corrected chi connectivity index (χ3v) is 4.12. The molecule has 0 radical (unpaired) electrons. The molecule has 0 spiro atoms. The fourth-order valence-corrected chi connectivity index (χ4v) is 2.78. The van der Waals surface area contributed by atoms with E-state index in [1.54, 1.807) is 23.9 Å². The Morgan fingerprint density at radius 1 is 1.14 bits per heavy atom. The van der Waals surface area contributed by atoms with Crippen LogP contribution in [0.15, 0.2) is 42.6 Å². The number of aryl methyl sites for hydroxylation is 1. The van der Waals surface area contributed by atoms with Crippen molar-refractivity contribution in [2.75, 3.05) is 13.2 Å². The highest BCUT2D eigenvalue weighted by molar-refractivity contribution is 6.04. The maximum absolute atomic E-state index is 12.7. The molecule has 2 heterocycles. The molecule has 0 aliphatic heterocycles. The molecule has 0 aliphatic rings. The number of ether oxygens (including phenoxy) is 1. The molecule has 2 aromatic heterocycles. The van der Waals surface area contributed by atoms with Gasteiger partial charge < -0.3 is 10.1 Å². The molecule has 1 aromatic carbocycles. The first-order chi connectivity index (χ1) is 14.0. The molecule has 150 valence electrons. The second-order valence-corrected chi connectivity index (χ2v) is 6.10. The maximum atomic E-state index is 12.7. The summed E-state index contributed by atoms with van der Waals surface area (Å²) in [4.78, 5) is 40.5. The minimum atomic E-state index is -0.720. The zero-order chi connectivity index (χ0) is 20.8. The van der Waals surface area contributed by atoms with Crippen LogP contribution in [-0.4, -0.2) is 45.8 Å². The topological polar surface area (TPSA) is 115 Å². The van der Waals surface area contributed by atoms with Gasteiger partial charge in [-0.05, 0) is 19.9 Å². The van der Waals surface area contributed by atoms with Crippen LogP contribution in [0.4, 0.5) is 4.79 Å². The number of amides is 3. The number of esters is 1. The third kappa shape index (κ3) is 4.57. The van der Waals surface area contributed by atoms with Crippen LogP contribution in [0.25, 0.3) is 22.3 Å². The van der Waals surface area contributed by atoms with Crippen molar-refractivity contribution < 1.29 is 19.1 Å². The van der Waals surface area contributed by atoms with Gasteiger partial charge in [-0.2, -0.15) is 5.10 Å². The second-order valence-electron chi connectivity index (χ2n) is 6.10. The van der Waals surface area contributed by atoms with Crippen molar-refractivity contribution >= 4 is 28.9 Å². The minimum Gasteiger partial charge on any atom is -0.452 e. The lowest BCUT2D eigenvalue weighted by Gasteiger charge is -2.09. The number of hydrogen-bond donors (Lipinski definition) is 2. The van der Waals surface area contributed by atoms with Crippen molar-refractivity contribution in [3.63, 3.8) is 0 Å². The van der Waals surface area contributed by atoms with Crippen LogP contribution >= 0.6 is 0 Å². The van der Waals surface area contributed by atoms with Crippen molar-refractivity contribution in [1.82, 2.24) is 25.4 Å². The van der Waals surface area contributed by atoms with Crippen LogP contribution in [0.2, 0.25) is 0 Å². The Morgan fingerprint density at radius 3 is 2.59 bits per heavy atom. The largest absolute Gasteiger partial charge is 0.452 e. The Balaban J connectivity index is 1.87. The van der Waals surface area contributed by atoms with Gasteiger partial charge in [0.15, 0.2) is 12.3 Å². The Kier molecular flexibility index (Phi) is 6.18. The monoisotopic (exact) mass is 395 g/mol. The summed E-state index contributed by atoms with van der Waals surface area (Å²) in [6.45, 7) is 4.02. The number of carbonyl (C=O) groups is 3. The van der Waals surface area contributed by atoms with E-state index in [4.69, 9.17) is 4.74 Å². The van der Waals surface area contributed by atoms with Gasteiger partial charge in [0.1, 0.15) is 0 Å². The van der Waals surface area contributed by atoms with Gasteiger partial charge in [-0.25, -0.2) is 19.3 Å². The summed E-state index contributed by atoms with van der Waals surface area (Å²) in [5.41, 5.74) is 2.22. The summed E-state index contributed by atoms with van der Waals surface area (Å²) in [7, 11) is 0. The van der Waals surface area contributed by atoms with Gasteiger partial charge in [0.25, 0.3) is 5.91 Å². The second kappa shape index (κ2) is 8.96. The van der Waals surface area contributed by atoms with Crippen LogP contribution in [0.5, 0.6) is 0 Å². The summed E-state index contributed by atoms with van der Waals surface area (Å²) in [6.07, 6.45) is 1.55. The number of benzene rings is 1. The van der Waals surface area contributed by atoms with Crippen LogP contribution in [-0.2, 0) is 16.1 Å². The number of pyridine rings is 1. The van der Waals surface area contributed by atoms with Crippen molar-refractivity contribution in [1.29, 1.82) is 0 Å². The number of hydrogen-bond acceptors (Lipinski definition) is 6. The van der Waals surface area contributed by atoms with Crippen LogP contribution < -0.4 is 10.6 Å². The normalized spacial score (nSPS) is 10.6. The fraction of sp³-hybridized carbons (Fsp3) is 0.250. The van der Waals surface area contributed by atoms with E-state index in [1.165, 1.54) is 0 Å². The number of carbonyl (C=O) groups excluding carboxylic acids is 3. The first kappa shape index (κ1) is 20.0. The molecule has 3 aromatic rings. The zero-order valence-corrected chi connectivity index (χ0v) is 16.1. The number of imide groups is 1. The van der Waals surface area contributed by atoms with Gasteiger partial charge >= 0.3 is 12.0 Å². The number of nitrogens with one attached hydrogen (secondary N) is 2. The van der Waals surface area contributed by atoms with Crippen molar-refractivity contribution in [2.45, 2.75) is 20.4 Å². The molecular weight excluding hydrogens is 374 g/mol. The third-order valence-electron chi connectivity index (χ3n) is 4.12. The average molecular weight is 395 g/mol. The summed E-state index contributed by atoms with van der Waals surface area (Å²) < 4.78 is 6.80. The minimum absolute atomic E-state index is 0.249. The summed E-state index contributed by atoms with van der Waals surface area (Å²) in [6, 6.07) is 10.4. The molecule has 0 saturated carbocycles. The molecule has 9 nitrogen and oxygen atoms in total. The number of rotatable bonds is 6. The van der Waals surface area contributed by atoms with Crippen molar-refractivity contribution in [3.05, 3.63) is 48.2 Å². The lowest BCUT2D eigenvalue weighted by molar-refractivity contribution is -0.123. The molecule has 0 atom stereocenters. The van der Waals surface area contributed by atoms with Gasteiger partial charge in [0.05, 0.1) is 22.8 Å². The molecule has 3 amide bonds. The SMILES string of the molecule is CCNC(=O)NC(=O)COC(=O)c1cc(-c2ccccc2)nc2c1cnn2CC. The molecule has 0 bridgehead atoms. The molecule has 3 rings (SSSR count). The molecular formula is C20H21N5O4. The van der Waals surface area contributed by atoms with E-state index in [0.29, 0.717) is 29.8 Å². The van der Waals surface area contributed by atoms with Gasteiger partial charge in [0.2, 0.25) is 0 Å². The van der Waals surface area contributed by atoms with E-state index in [9.17, 15) is 14.4 Å². The van der Waals surface area contributed by atoms with Crippen LogP contribution in [0.1, 0.15) is 24.2 Å². The Bertz CT molecular complexity index is 1050. The highest BCUT2D eigenvalue weighted by Gasteiger charge is 2.19. The van der Waals surface area contributed by atoms with Crippen LogP contribution in [0, 0.1) is 0 Å². The fourth-order valence-electron chi connectivity index (χ4n) is 2.78. The number of urea groups is 1. The van der Waals surface area contributed by atoms with E-state index < -0.39 is 24.5 Å². The molecule has 2 N–H and O–H groups in total. The molecule has 9 heteroatoms. The lowest BCUT2D eigenvalue weighted by atomic mass is 10.1. The standard InChI is InChI=1S/C20H21N5O4/c1-3-21-20(28)24-17(26)12-29-19(27)14-10-16(13-8-6-5-7-9-13)23-18-15(14)11-22-25(18)4-2/h5-11H,3-4,12H2,1-2H3,(H2,21,24,26,28). The highest BCUT2D eigenvalue weighted by Crippen LogP contribution is 2.25. The number of aromatic nitrogens is 3. The molecule has 0 aliphatic carbocycles. The predicted molar refractivity (Wildman–Crippen MR) is 106 cm³/mol. The predicted octanol–water partition coefficient (Wildman–Crippen LogP) is 2.12. The highest BCUT2D eigenvalue weighted by atomic mass is 16.5. The number of fused-ring (bicyclic) bond motifs is 1. The van der Waals surface area contributed by atoms with E-state index in [2.05, 4.69) is 20.7 Å². The zero-order valence-electron chi connectivity index (χ0n) is 16.1. The molecule has 0 fully saturated rings. The molecule has 0 unspecified atom stereocenters. The smallest absolute Gasteiger partial charge is 0.339 e. The Labute approximate surface area is 167 Å². The van der Waals surface area contributed by atoms with Crippen molar-refractivity contribution in [2.24, 2.45) is 0 Å². The molecule has 0 saturated heterocycles. The van der Waals surface area contributed by atoms with E-state index in [-0.39, 0.29) is 5.56 Å². The first-order valence-corrected chi connectivity index (χ1v) is 9.20. The lowest BCUT2D eigenvalue weighted by Crippen LogP contribution is -2.41. The Hall–Kier alpha value is -3.75.